The summed E-state index contributed by atoms with van der Waals surface area (Å²) in [4.78, 5) is 37.9. The Bertz CT molecular complexity index is 1150. The number of rotatable bonds is 9. The van der Waals surface area contributed by atoms with Crippen LogP contribution in [0.25, 0.3) is 0 Å². The summed E-state index contributed by atoms with van der Waals surface area (Å²) >= 11 is 23.1. The molecule has 0 amide bonds. The fourth-order valence-electron chi connectivity index (χ4n) is 3.56. The van der Waals surface area contributed by atoms with Gasteiger partial charge in [0.1, 0.15) is 12.0 Å². The van der Waals surface area contributed by atoms with Gasteiger partial charge >= 0.3 is 17.9 Å². The van der Waals surface area contributed by atoms with Gasteiger partial charge in [-0.1, -0.05) is 83.3 Å². The van der Waals surface area contributed by atoms with Crippen molar-refractivity contribution in [3.8, 4) is 0 Å². The third-order valence-electron chi connectivity index (χ3n) is 5.33. The molecule has 0 bridgehead atoms. The van der Waals surface area contributed by atoms with Crippen molar-refractivity contribution < 1.29 is 42.8 Å². The minimum Gasteiger partial charge on any atom is -0.467 e. The molecule has 0 aromatic heterocycles. The average molecular weight is 623 g/mol. The first kappa shape index (κ1) is 30.9. The molecule has 0 radical (unpaired) electrons. The quantitative estimate of drug-likeness (QED) is 0.144. The Kier molecular flexibility index (Phi) is 11.2. The maximum Gasteiger partial charge on any atom is 0.340 e. The lowest BCUT2D eigenvalue weighted by Crippen LogP contribution is -2.64. The Morgan fingerprint density at radius 3 is 2.08 bits per heavy atom. The van der Waals surface area contributed by atoms with Crippen LogP contribution < -0.4 is 0 Å². The van der Waals surface area contributed by atoms with Gasteiger partial charge in [0.25, 0.3) is 3.79 Å². The van der Waals surface area contributed by atoms with Gasteiger partial charge in [-0.15, -0.1) is 11.6 Å². The van der Waals surface area contributed by atoms with E-state index in [9.17, 15) is 14.4 Å². The highest BCUT2D eigenvalue weighted by Gasteiger charge is 2.56. The van der Waals surface area contributed by atoms with Gasteiger partial charge in [0, 0.05) is 0 Å². The van der Waals surface area contributed by atoms with Gasteiger partial charge in [-0.2, -0.15) is 0 Å². The second-order valence-corrected chi connectivity index (χ2v) is 10.5. The monoisotopic (exact) mass is 621 g/mol. The topological polar surface area (TPSA) is 130 Å². The minimum absolute atomic E-state index is 0.0887. The van der Waals surface area contributed by atoms with E-state index in [0.717, 1.165) is 7.11 Å². The van der Waals surface area contributed by atoms with Gasteiger partial charge in [-0.25, -0.2) is 9.59 Å². The summed E-state index contributed by atoms with van der Waals surface area (Å²) in [6.45, 7) is -0.0887. The Labute approximate surface area is 243 Å². The summed E-state index contributed by atoms with van der Waals surface area (Å²) < 4.78 is 30.8. The van der Waals surface area contributed by atoms with E-state index >= 15 is 0 Å². The average Bonchev–Trinajstić information content (AvgIpc) is 2.93. The van der Waals surface area contributed by atoms with Crippen molar-refractivity contribution in [2.45, 2.75) is 41.1 Å². The van der Waals surface area contributed by atoms with Crippen LogP contribution in [-0.4, -0.2) is 71.3 Å². The van der Waals surface area contributed by atoms with Crippen molar-refractivity contribution >= 4 is 70.2 Å². The standard InChI is InChI=1S/C25H23Cl4NO9/c1-34-22(33)19-18(36-16(31)12-26)17(35-13-14-8-4-2-5-9-14)20(38-24(30)25(27,28)29)23(37-19)39-21(32)15-10-6-3-7-11-15/h2-11,17-20,23,30H,12-13H2,1H3/t17-,18-,19+,20+,23+/m0/s1. The molecule has 0 unspecified atom stereocenters. The van der Waals surface area contributed by atoms with Crippen LogP contribution in [0.1, 0.15) is 15.9 Å². The van der Waals surface area contributed by atoms with Crippen LogP contribution in [-0.2, 0) is 44.6 Å². The van der Waals surface area contributed by atoms with Crippen LogP contribution in [0.15, 0.2) is 60.7 Å². The maximum atomic E-state index is 12.9. The molecule has 5 atom stereocenters. The summed E-state index contributed by atoms with van der Waals surface area (Å²) in [6.07, 6.45) is -7.90. The van der Waals surface area contributed by atoms with E-state index in [1.54, 1.807) is 48.5 Å². The maximum absolute atomic E-state index is 12.9. The van der Waals surface area contributed by atoms with Crippen LogP contribution in [0.3, 0.4) is 0 Å². The van der Waals surface area contributed by atoms with Crippen LogP contribution in [0.4, 0.5) is 0 Å². The summed E-state index contributed by atoms with van der Waals surface area (Å²) in [7, 11) is 1.08. The van der Waals surface area contributed by atoms with E-state index in [2.05, 4.69) is 0 Å². The molecule has 0 saturated carbocycles. The molecule has 210 valence electrons. The molecule has 10 nitrogen and oxygen atoms in total. The molecule has 1 aliphatic heterocycles. The van der Waals surface area contributed by atoms with Crippen LogP contribution >= 0.6 is 46.4 Å². The molecule has 0 aliphatic carbocycles. The molecule has 2 aromatic carbocycles. The molecule has 1 saturated heterocycles. The van der Waals surface area contributed by atoms with E-state index in [0.29, 0.717) is 5.56 Å². The van der Waals surface area contributed by atoms with Crippen LogP contribution in [0, 0.1) is 5.41 Å². The molecule has 3 rings (SSSR count). The van der Waals surface area contributed by atoms with Crippen molar-refractivity contribution in [2.75, 3.05) is 13.0 Å². The predicted octanol–water partition coefficient (Wildman–Crippen LogP) is 4.21. The fourth-order valence-corrected chi connectivity index (χ4v) is 3.75. The molecule has 0 spiro atoms. The largest absolute Gasteiger partial charge is 0.467 e. The zero-order valence-corrected chi connectivity index (χ0v) is 23.3. The van der Waals surface area contributed by atoms with Crippen molar-refractivity contribution in [2.24, 2.45) is 0 Å². The highest BCUT2D eigenvalue weighted by molar-refractivity contribution is 6.76. The zero-order valence-electron chi connectivity index (χ0n) is 20.3. The minimum atomic E-state index is -2.33. The van der Waals surface area contributed by atoms with E-state index in [-0.39, 0.29) is 12.2 Å². The highest BCUT2D eigenvalue weighted by Crippen LogP contribution is 2.35. The first-order chi connectivity index (χ1) is 18.5. The number of carbonyl (C=O) groups is 3. The van der Waals surface area contributed by atoms with Gasteiger partial charge in [0.2, 0.25) is 12.2 Å². The third-order valence-corrected chi connectivity index (χ3v) is 6.07. The first-order valence-corrected chi connectivity index (χ1v) is 12.9. The smallest absolute Gasteiger partial charge is 0.340 e. The number of methoxy groups -OCH3 is 1. The Balaban J connectivity index is 2.05. The Hall–Kier alpha value is -2.60. The Morgan fingerprint density at radius 2 is 1.51 bits per heavy atom. The number of esters is 3. The molecule has 14 heteroatoms. The molecule has 1 N–H and O–H groups in total. The Morgan fingerprint density at radius 1 is 0.897 bits per heavy atom. The molecule has 1 aliphatic rings. The number of alkyl halides is 4. The zero-order chi connectivity index (χ0) is 28.6. The molecular formula is C25H23Cl4NO9. The van der Waals surface area contributed by atoms with Crippen LogP contribution in [0.2, 0.25) is 0 Å². The molecular weight excluding hydrogens is 600 g/mol. The second-order valence-electron chi connectivity index (χ2n) is 7.98. The summed E-state index contributed by atoms with van der Waals surface area (Å²) in [5.41, 5.74) is 0.831. The van der Waals surface area contributed by atoms with Gasteiger partial charge in [-0.05, 0) is 17.7 Å². The third kappa shape index (κ3) is 8.44. The van der Waals surface area contributed by atoms with Crippen molar-refractivity contribution in [3.63, 3.8) is 0 Å². The number of carbonyl (C=O) groups excluding carboxylic acids is 3. The molecule has 39 heavy (non-hydrogen) atoms. The van der Waals surface area contributed by atoms with Gasteiger partial charge in [-0.3, -0.25) is 10.2 Å². The van der Waals surface area contributed by atoms with E-state index in [1.807, 2.05) is 0 Å². The first-order valence-electron chi connectivity index (χ1n) is 11.3. The lowest BCUT2D eigenvalue weighted by Gasteiger charge is -2.44. The normalized spacial score (nSPS) is 22.8. The van der Waals surface area contributed by atoms with Crippen molar-refractivity contribution in [1.29, 1.82) is 5.41 Å². The van der Waals surface area contributed by atoms with Crippen molar-refractivity contribution in [3.05, 3.63) is 71.8 Å². The lowest BCUT2D eigenvalue weighted by atomic mass is 9.97. The van der Waals surface area contributed by atoms with Gasteiger partial charge in [0.05, 0.1) is 19.3 Å². The lowest BCUT2D eigenvalue weighted by molar-refractivity contribution is -0.288. The summed E-state index contributed by atoms with van der Waals surface area (Å²) in [5.74, 6) is -4.23. The SMILES string of the molecule is COC(=O)[C@@H]1O[C@H](OC(=O)c2ccccc2)[C@H](OC(=N)C(Cl)(Cl)Cl)[C@@H](OCc2ccccc2)[C@@H]1OC(=O)CCl. The summed E-state index contributed by atoms with van der Waals surface area (Å²) in [6, 6.07) is 16.7. The van der Waals surface area contributed by atoms with Crippen molar-refractivity contribution in [1.82, 2.24) is 0 Å². The molecule has 1 heterocycles. The number of hydrogen-bond donors (Lipinski definition) is 1. The predicted molar refractivity (Wildman–Crippen MR) is 141 cm³/mol. The molecule has 2 aromatic rings. The van der Waals surface area contributed by atoms with Crippen LogP contribution in [0.5, 0.6) is 0 Å². The van der Waals surface area contributed by atoms with E-state index in [1.165, 1.54) is 12.1 Å². The summed E-state index contributed by atoms with van der Waals surface area (Å²) in [5, 5.41) is 8.12. The van der Waals surface area contributed by atoms with Gasteiger partial charge in [0.15, 0.2) is 18.3 Å². The number of benzene rings is 2. The van der Waals surface area contributed by atoms with E-state index < -0.39 is 64.2 Å². The van der Waals surface area contributed by atoms with Gasteiger partial charge < -0.3 is 28.4 Å². The number of nitrogens with one attached hydrogen (secondary N) is 1. The fraction of sp³-hybridized carbons (Fsp3) is 0.360. The number of hydrogen-bond acceptors (Lipinski definition) is 10. The van der Waals surface area contributed by atoms with E-state index in [4.69, 9.17) is 80.2 Å². The number of ether oxygens (including phenoxy) is 6. The molecule has 1 fully saturated rings. The second kappa shape index (κ2) is 14.2. The number of halogens is 4. The highest BCUT2D eigenvalue weighted by atomic mass is 35.6.